The van der Waals surface area contributed by atoms with E-state index in [2.05, 4.69) is 14.7 Å². The van der Waals surface area contributed by atoms with Crippen molar-refractivity contribution in [3.8, 4) is 17.1 Å². The van der Waals surface area contributed by atoms with Crippen LogP contribution in [0.25, 0.3) is 11.3 Å². The van der Waals surface area contributed by atoms with Crippen LogP contribution in [-0.4, -0.2) is 79.1 Å². The number of aromatic nitrogens is 2. The third-order valence-corrected chi connectivity index (χ3v) is 10.5. The zero-order chi connectivity index (χ0) is 31.2. The molecular weight excluding hydrogens is 582 g/mol. The predicted molar refractivity (Wildman–Crippen MR) is 164 cm³/mol. The van der Waals surface area contributed by atoms with Crippen molar-refractivity contribution in [1.29, 1.82) is 0 Å². The number of aryl methyl sites for hydroxylation is 2. The van der Waals surface area contributed by atoms with E-state index in [4.69, 9.17) is 9.47 Å². The zero-order valence-electron chi connectivity index (χ0n) is 25.4. The molecule has 2 aliphatic heterocycles. The highest BCUT2D eigenvalue weighted by Crippen LogP contribution is 2.51. The molecule has 1 atom stereocenters. The number of likely N-dealkylation sites (tertiary alicyclic amines) is 1. The van der Waals surface area contributed by atoms with E-state index in [-0.39, 0.29) is 52.3 Å². The Morgan fingerprint density at radius 3 is 2.41 bits per heavy atom. The van der Waals surface area contributed by atoms with Gasteiger partial charge in [-0.2, -0.15) is 4.98 Å². The molecule has 6 rings (SSSR count). The second-order valence-electron chi connectivity index (χ2n) is 12.2. The number of piperidine rings is 1. The second kappa shape index (κ2) is 11.4. The van der Waals surface area contributed by atoms with Gasteiger partial charge in [0.1, 0.15) is 6.10 Å². The van der Waals surface area contributed by atoms with Gasteiger partial charge in [0.15, 0.2) is 0 Å². The molecule has 4 bridgehead atoms. The van der Waals surface area contributed by atoms with Crippen LogP contribution in [-0.2, 0) is 14.8 Å². The van der Waals surface area contributed by atoms with Crippen molar-refractivity contribution in [1.82, 2.24) is 19.8 Å². The Morgan fingerprint density at radius 2 is 1.73 bits per heavy atom. The van der Waals surface area contributed by atoms with Crippen LogP contribution >= 0.6 is 0 Å². The maximum atomic E-state index is 14.0. The maximum Gasteiger partial charge on any atom is 0.409 e. The first-order valence-corrected chi connectivity index (χ1v) is 16.3. The Morgan fingerprint density at radius 1 is 1.05 bits per heavy atom. The fourth-order valence-corrected chi connectivity index (χ4v) is 7.79. The van der Waals surface area contributed by atoms with Crippen molar-refractivity contribution < 1.29 is 27.5 Å². The highest BCUT2D eigenvalue weighted by Gasteiger charge is 2.49. The van der Waals surface area contributed by atoms with Crippen molar-refractivity contribution in [3.05, 3.63) is 65.2 Å². The van der Waals surface area contributed by atoms with E-state index < -0.39 is 16.1 Å². The van der Waals surface area contributed by atoms with Gasteiger partial charge in [0.25, 0.3) is 15.9 Å². The normalized spacial score (nSPS) is 21.2. The highest BCUT2D eigenvalue weighted by atomic mass is 32.2. The SMILES string of the molecule is COC(=O)N1CCC2(CC1)CC(N1C[C@@H](C)Oc3cc(-c4c(C)cccc4C)nc(n3)NS(=O)(=O)c3cccc(c3)C1=O)C2. The van der Waals surface area contributed by atoms with Crippen LogP contribution in [0.4, 0.5) is 10.7 Å². The Hall–Kier alpha value is -4.19. The van der Waals surface area contributed by atoms with Gasteiger partial charge in [-0.05, 0) is 81.2 Å². The largest absolute Gasteiger partial charge is 0.473 e. The summed E-state index contributed by atoms with van der Waals surface area (Å²) in [6, 6.07) is 13.6. The number of nitrogens with one attached hydrogen (secondary N) is 1. The number of carbonyl (C=O) groups is 2. The lowest BCUT2D eigenvalue weighted by Gasteiger charge is -2.55. The summed E-state index contributed by atoms with van der Waals surface area (Å²) in [7, 11) is -2.73. The minimum atomic E-state index is -4.12. The summed E-state index contributed by atoms with van der Waals surface area (Å²) in [5.41, 5.74) is 3.70. The highest BCUT2D eigenvalue weighted by molar-refractivity contribution is 7.92. The van der Waals surface area contributed by atoms with Gasteiger partial charge >= 0.3 is 6.09 Å². The van der Waals surface area contributed by atoms with Gasteiger partial charge < -0.3 is 19.3 Å². The number of hydrogen-bond acceptors (Lipinski definition) is 8. The number of anilines is 1. The number of carbonyl (C=O) groups excluding carboxylic acids is 2. The van der Waals surface area contributed by atoms with Crippen molar-refractivity contribution in [3.63, 3.8) is 0 Å². The molecule has 2 amide bonds. The minimum Gasteiger partial charge on any atom is -0.473 e. The number of rotatable bonds is 2. The fraction of sp³-hybridized carbons (Fsp3) is 0.438. The number of sulfonamides is 1. The average Bonchev–Trinajstić information content (AvgIpc) is 2.97. The molecule has 1 saturated heterocycles. The summed E-state index contributed by atoms with van der Waals surface area (Å²) in [5.74, 6) is -0.154. The van der Waals surface area contributed by atoms with Crippen molar-refractivity contribution >= 4 is 28.0 Å². The maximum absolute atomic E-state index is 14.0. The van der Waals surface area contributed by atoms with Crippen LogP contribution < -0.4 is 9.46 Å². The number of fused-ring (bicyclic) bond motifs is 4. The van der Waals surface area contributed by atoms with Gasteiger partial charge in [-0.15, -0.1) is 0 Å². The Bertz CT molecular complexity index is 1690. The molecule has 232 valence electrons. The molecule has 2 aromatic carbocycles. The van der Waals surface area contributed by atoms with Gasteiger partial charge in [0.05, 0.1) is 24.2 Å². The number of benzene rings is 2. The van der Waals surface area contributed by atoms with Crippen LogP contribution in [0.5, 0.6) is 5.88 Å². The molecule has 1 aromatic heterocycles. The van der Waals surface area contributed by atoms with Crippen molar-refractivity contribution in [2.24, 2.45) is 5.41 Å². The number of ether oxygens (including phenoxy) is 2. The molecule has 1 saturated carbocycles. The molecule has 12 heteroatoms. The third kappa shape index (κ3) is 5.70. The van der Waals surface area contributed by atoms with E-state index in [0.29, 0.717) is 18.8 Å². The first-order valence-electron chi connectivity index (χ1n) is 14.9. The number of nitrogens with zero attached hydrogens (tertiary/aromatic N) is 4. The van der Waals surface area contributed by atoms with E-state index in [0.717, 1.165) is 42.4 Å². The summed E-state index contributed by atoms with van der Waals surface area (Å²) in [5, 5.41) is 0. The number of hydrogen-bond donors (Lipinski definition) is 1. The van der Waals surface area contributed by atoms with Gasteiger partial charge in [-0.1, -0.05) is 24.3 Å². The molecular formula is C32H37N5O6S. The van der Waals surface area contributed by atoms with Crippen LogP contribution in [0.3, 0.4) is 0 Å². The van der Waals surface area contributed by atoms with Gasteiger partial charge in [-0.3, -0.25) is 4.79 Å². The lowest BCUT2D eigenvalue weighted by Crippen LogP contribution is -2.58. The molecule has 1 aliphatic carbocycles. The molecule has 3 aromatic rings. The smallest absolute Gasteiger partial charge is 0.409 e. The van der Waals surface area contributed by atoms with Crippen LogP contribution in [0.15, 0.2) is 53.4 Å². The molecule has 3 heterocycles. The molecule has 2 fully saturated rings. The van der Waals surface area contributed by atoms with Crippen LogP contribution in [0, 0.1) is 19.3 Å². The number of amides is 2. The average molecular weight is 620 g/mol. The van der Waals surface area contributed by atoms with E-state index in [1.165, 1.54) is 19.2 Å². The summed E-state index contributed by atoms with van der Waals surface area (Å²) in [6.07, 6.45) is 2.52. The lowest BCUT2D eigenvalue weighted by molar-refractivity contribution is -0.0389. The van der Waals surface area contributed by atoms with E-state index in [1.54, 1.807) is 23.1 Å². The molecule has 0 unspecified atom stereocenters. The molecule has 1 spiro atoms. The van der Waals surface area contributed by atoms with Crippen LogP contribution in [0.2, 0.25) is 0 Å². The number of methoxy groups -OCH3 is 1. The summed E-state index contributed by atoms with van der Waals surface area (Å²) in [4.78, 5) is 38.5. The first-order chi connectivity index (χ1) is 21.0. The standard InChI is InChI=1S/C32H37N5O6S/c1-20-7-5-8-21(2)28(20)26-16-27-34-30(33-26)35-44(40,41)25-10-6-9-23(15-25)29(38)37(19-22(3)43-27)24-17-32(18-24)11-13-36(14-12-32)31(39)42-4/h5-10,15-16,22,24H,11-14,17-19H2,1-4H3,(H,33,34,35)/t22-/m1/s1. The third-order valence-electron chi connectivity index (χ3n) is 9.13. The van der Waals surface area contributed by atoms with Crippen LogP contribution in [0.1, 0.15) is 54.1 Å². The zero-order valence-corrected chi connectivity index (χ0v) is 26.2. The molecule has 3 aliphatic rings. The first kappa shape index (κ1) is 29.9. The van der Waals surface area contributed by atoms with Crippen molar-refractivity contribution in [2.75, 3.05) is 31.5 Å². The Labute approximate surface area is 257 Å². The predicted octanol–water partition coefficient (Wildman–Crippen LogP) is 4.80. The molecule has 1 N–H and O–H groups in total. The topological polar surface area (TPSA) is 131 Å². The fourth-order valence-electron chi connectivity index (χ4n) is 6.80. The monoisotopic (exact) mass is 619 g/mol. The van der Waals surface area contributed by atoms with Gasteiger partial charge in [0.2, 0.25) is 11.8 Å². The summed E-state index contributed by atoms with van der Waals surface area (Å²) >= 11 is 0. The van der Waals surface area contributed by atoms with Gasteiger partial charge in [-0.25, -0.2) is 22.9 Å². The summed E-state index contributed by atoms with van der Waals surface area (Å²) < 4.78 is 40.7. The summed E-state index contributed by atoms with van der Waals surface area (Å²) in [6.45, 7) is 7.36. The Kier molecular flexibility index (Phi) is 7.73. The van der Waals surface area contributed by atoms with Gasteiger partial charge in [0, 0.05) is 36.3 Å². The molecule has 0 radical (unpaired) electrons. The quantitative estimate of drug-likeness (QED) is 0.433. The van der Waals surface area contributed by atoms with Crippen molar-refractivity contribution in [2.45, 2.75) is 63.5 Å². The molecule has 44 heavy (non-hydrogen) atoms. The second-order valence-corrected chi connectivity index (χ2v) is 13.9. The molecule has 11 nitrogen and oxygen atoms in total. The van der Waals surface area contributed by atoms with E-state index in [1.807, 2.05) is 43.9 Å². The Balaban J connectivity index is 1.34. The minimum absolute atomic E-state index is 0.0483. The van der Waals surface area contributed by atoms with E-state index >= 15 is 0 Å². The van der Waals surface area contributed by atoms with E-state index in [9.17, 15) is 18.0 Å². The lowest BCUT2D eigenvalue weighted by atomic mass is 9.60.